The number of ether oxygens (including phenoxy) is 1. The number of nitrogen functional groups attached to an aromatic ring is 1. The largest absolute Gasteiger partial charge is 0.476 e. The number of anilines is 1. The molecule has 1 aliphatic carbocycles. The lowest BCUT2D eigenvalue weighted by atomic mass is 10.3. The van der Waals surface area contributed by atoms with E-state index in [0.717, 1.165) is 11.4 Å². The van der Waals surface area contributed by atoms with Gasteiger partial charge in [0.15, 0.2) is 5.82 Å². The molecule has 0 atom stereocenters. The van der Waals surface area contributed by atoms with Crippen LogP contribution < -0.4 is 10.5 Å². The van der Waals surface area contributed by atoms with Gasteiger partial charge in [0.1, 0.15) is 0 Å². The van der Waals surface area contributed by atoms with Gasteiger partial charge in [-0.1, -0.05) is 11.6 Å². The maximum atomic E-state index is 6.16. The van der Waals surface area contributed by atoms with Gasteiger partial charge in [0.2, 0.25) is 5.88 Å². The molecule has 6 heteroatoms. The summed E-state index contributed by atoms with van der Waals surface area (Å²) in [5, 5.41) is 5.04. The Morgan fingerprint density at radius 3 is 2.75 bits per heavy atom. The minimum atomic E-state index is 0.470. The zero-order valence-electron chi connectivity index (χ0n) is 11.6. The van der Waals surface area contributed by atoms with Crippen LogP contribution in [0.2, 0.25) is 5.02 Å². The van der Waals surface area contributed by atoms with Crippen molar-refractivity contribution < 1.29 is 4.74 Å². The van der Waals surface area contributed by atoms with Gasteiger partial charge in [-0.25, -0.2) is 4.68 Å². The standard InChI is InChI=1S/C14H17ClN4O/c1-8-13(15)9(2)19(18-8)12-6-5-11(16)14(17-12)20-7-10-3-4-10/h5-6,10H,3-4,7,16H2,1-2H3. The summed E-state index contributed by atoms with van der Waals surface area (Å²) in [7, 11) is 0. The number of aromatic nitrogens is 3. The van der Waals surface area contributed by atoms with Gasteiger partial charge in [-0.05, 0) is 44.7 Å². The van der Waals surface area contributed by atoms with Crippen LogP contribution in [0.3, 0.4) is 0 Å². The van der Waals surface area contributed by atoms with Crippen molar-refractivity contribution in [1.82, 2.24) is 14.8 Å². The minimum Gasteiger partial charge on any atom is -0.476 e. The summed E-state index contributed by atoms with van der Waals surface area (Å²) in [5.74, 6) is 1.79. The summed E-state index contributed by atoms with van der Waals surface area (Å²) in [6.07, 6.45) is 2.46. The number of hydrogen-bond acceptors (Lipinski definition) is 4. The quantitative estimate of drug-likeness (QED) is 0.941. The molecule has 106 valence electrons. The van der Waals surface area contributed by atoms with Gasteiger partial charge in [0.05, 0.1) is 28.7 Å². The summed E-state index contributed by atoms with van der Waals surface area (Å²) >= 11 is 6.16. The summed E-state index contributed by atoms with van der Waals surface area (Å²) in [5.41, 5.74) is 8.08. The molecule has 0 spiro atoms. The molecule has 1 fully saturated rings. The zero-order chi connectivity index (χ0) is 14.3. The van der Waals surface area contributed by atoms with E-state index in [2.05, 4.69) is 10.1 Å². The van der Waals surface area contributed by atoms with Crippen molar-refractivity contribution in [2.24, 2.45) is 5.92 Å². The van der Waals surface area contributed by atoms with E-state index in [-0.39, 0.29) is 0 Å². The van der Waals surface area contributed by atoms with Gasteiger partial charge in [-0.2, -0.15) is 10.1 Å². The third-order valence-corrected chi connectivity index (χ3v) is 3.99. The number of nitrogens with two attached hydrogens (primary N) is 1. The summed E-state index contributed by atoms with van der Waals surface area (Å²) in [4.78, 5) is 4.45. The Bertz CT molecular complexity index is 649. The van der Waals surface area contributed by atoms with Crippen LogP contribution in [0.15, 0.2) is 12.1 Å². The van der Waals surface area contributed by atoms with Gasteiger partial charge in [0.25, 0.3) is 0 Å². The first kappa shape index (κ1) is 13.2. The first-order valence-corrected chi connectivity index (χ1v) is 7.05. The van der Waals surface area contributed by atoms with Gasteiger partial charge < -0.3 is 10.5 Å². The zero-order valence-corrected chi connectivity index (χ0v) is 12.3. The number of pyridine rings is 1. The fourth-order valence-electron chi connectivity index (χ4n) is 2.00. The maximum Gasteiger partial charge on any atom is 0.239 e. The van der Waals surface area contributed by atoms with Crippen molar-refractivity contribution in [1.29, 1.82) is 0 Å². The Hall–Kier alpha value is -1.75. The van der Waals surface area contributed by atoms with Crippen LogP contribution in [-0.4, -0.2) is 21.4 Å². The van der Waals surface area contributed by atoms with Crippen molar-refractivity contribution in [2.45, 2.75) is 26.7 Å². The van der Waals surface area contributed by atoms with E-state index in [1.807, 2.05) is 19.9 Å². The molecule has 0 unspecified atom stereocenters. The van der Waals surface area contributed by atoms with Crippen LogP contribution in [-0.2, 0) is 0 Å². The van der Waals surface area contributed by atoms with Crippen molar-refractivity contribution in [2.75, 3.05) is 12.3 Å². The molecule has 2 heterocycles. The average Bonchev–Trinajstić information content (AvgIpc) is 3.22. The fourth-order valence-corrected chi connectivity index (χ4v) is 2.12. The number of aryl methyl sites for hydroxylation is 1. The number of hydrogen-bond donors (Lipinski definition) is 1. The lowest BCUT2D eigenvalue weighted by Crippen LogP contribution is -2.08. The molecule has 2 N–H and O–H groups in total. The first-order valence-electron chi connectivity index (χ1n) is 6.67. The molecule has 0 amide bonds. The Labute approximate surface area is 122 Å². The van der Waals surface area contributed by atoms with E-state index in [1.165, 1.54) is 12.8 Å². The van der Waals surface area contributed by atoms with E-state index in [9.17, 15) is 0 Å². The van der Waals surface area contributed by atoms with E-state index < -0.39 is 0 Å². The Kier molecular flexibility index (Phi) is 3.30. The molecular formula is C14H17ClN4O. The molecule has 0 aliphatic heterocycles. The second kappa shape index (κ2) is 4.98. The van der Waals surface area contributed by atoms with Crippen LogP contribution in [0.4, 0.5) is 5.69 Å². The van der Waals surface area contributed by atoms with Crippen LogP contribution in [0.1, 0.15) is 24.2 Å². The summed E-state index contributed by atoms with van der Waals surface area (Å²) in [6.45, 7) is 4.46. The Morgan fingerprint density at radius 1 is 1.40 bits per heavy atom. The molecule has 20 heavy (non-hydrogen) atoms. The SMILES string of the molecule is Cc1nn(-c2ccc(N)c(OCC3CC3)n2)c(C)c1Cl. The highest BCUT2D eigenvalue weighted by atomic mass is 35.5. The third kappa shape index (κ3) is 2.45. The average molecular weight is 293 g/mol. The van der Waals surface area contributed by atoms with Crippen LogP contribution in [0.25, 0.3) is 5.82 Å². The first-order chi connectivity index (χ1) is 9.56. The molecule has 0 radical (unpaired) electrons. The number of nitrogens with zero attached hydrogens (tertiary/aromatic N) is 3. The maximum absolute atomic E-state index is 6.16. The Morgan fingerprint density at radius 2 is 2.15 bits per heavy atom. The van der Waals surface area contributed by atoms with Crippen molar-refractivity contribution >= 4 is 17.3 Å². The molecular weight excluding hydrogens is 276 g/mol. The van der Waals surface area contributed by atoms with E-state index in [4.69, 9.17) is 22.1 Å². The molecule has 1 saturated carbocycles. The molecule has 2 aromatic heterocycles. The van der Waals surface area contributed by atoms with Crippen molar-refractivity contribution in [3.05, 3.63) is 28.5 Å². The molecule has 2 aromatic rings. The molecule has 3 rings (SSSR count). The third-order valence-electron chi connectivity index (χ3n) is 3.45. The smallest absolute Gasteiger partial charge is 0.239 e. The summed E-state index contributed by atoms with van der Waals surface area (Å²) in [6, 6.07) is 3.60. The van der Waals surface area contributed by atoms with Gasteiger partial charge in [0, 0.05) is 0 Å². The van der Waals surface area contributed by atoms with E-state index in [1.54, 1.807) is 10.7 Å². The fraction of sp³-hybridized carbons (Fsp3) is 0.429. The van der Waals surface area contributed by atoms with Crippen LogP contribution in [0, 0.1) is 19.8 Å². The Balaban J connectivity index is 1.92. The predicted molar refractivity (Wildman–Crippen MR) is 78.5 cm³/mol. The second-order valence-electron chi connectivity index (χ2n) is 5.21. The van der Waals surface area contributed by atoms with Crippen molar-refractivity contribution in [3.8, 4) is 11.7 Å². The van der Waals surface area contributed by atoms with Gasteiger partial charge in [-0.15, -0.1) is 0 Å². The number of rotatable bonds is 4. The topological polar surface area (TPSA) is 66.0 Å². The van der Waals surface area contributed by atoms with E-state index in [0.29, 0.717) is 34.9 Å². The molecule has 5 nitrogen and oxygen atoms in total. The molecule has 1 aliphatic rings. The van der Waals surface area contributed by atoms with Gasteiger partial charge >= 0.3 is 0 Å². The van der Waals surface area contributed by atoms with Crippen molar-refractivity contribution in [3.63, 3.8) is 0 Å². The van der Waals surface area contributed by atoms with Crippen LogP contribution >= 0.6 is 11.6 Å². The predicted octanol–water partition coefficient (Wildman–Crippen LogP) is 2.91. The van der Waals surface area contributed by atoms with E-state index >= 15 is 0 Å². The monoisotopic (exact) mass is 292 g/mol. The highest BCUT2D eigenvalue weighted by Crippen LogP contribution is 2.31. The molecule has 0 bridgehead atoms. The minimum absolute atomic E-state index is 0.470. The molecule has 0 saturated heterocycles. The lowest BCUT2D eigenvalue weighted by Gasteiger charge is -2.10. The lowest BCUT2D eigenvalue weighted by molar-refractivity contribution is 0.290. The van der Waals surface area contributed by atoms with Crippen LogP contribution in [0.5, 0.6) is 5.88 Å². The number of halogens is 1. The highest BCUT2D eigenvalue weighted by molar-refractivity contribution is 6.31. The second-order valence-corrected chi connectivity index (χ2v) is 5.59. The normalized spacial score (nSPS) is 14.6. The molecule has 0 aromatic carbocycles. The van der Waals surface area contributed by atoms with Gasteiger partial charge in [-0.3, -0.25) is 0 Å². The highest BCUT2D eigenvalue weighted by Gasteiger charge is 2.23. The summed E-state index contributed by atoms with van der Waals surface area (Å²) < 4.78 is 7.40.